The third-order valence-electron chi connectivity index (χ3n) is 7.07. The van der Waals surface area contributed by atoms with Gasteiger partial charge >= 0.3 is 5.97 Å². The van der Waals surface area contributed by atoms with Crippen molar-refractivity contribution in [3.05, 3.63) is 62.7 Å². The van der Waals surface area contributed by atoms with Crippen molar-refractivity contribution in [3.63, 3.8) is 0 Å². The number of benzene rings is 1. The summed E-state index contributed by atoms with van der Waals surface area (Å²) in [5.41, 5.74) is 2.83. The molecule has 0 spiro atoms. The highest BCUT2D eigenvalue weighted by Crippen LogP contribution is 2.40. The number of rotatable bonds is 7. The van der Waals surface area contributed by atoms with Crippen molar-refractivity contribution in [1.82, 2.24) is 5.32 Å². The van der Waals surface area contributed by atoms with E-state index in [1.807, 2.05) is 0 Å². The highest BCUT2D eigenvalue weighted by molar-refractivity contribution is 7.16. The number of nitrogens with one attached hydrogen (secondary N) is 1. The van der Waals surface area contributed by atoms with Gasteiger partial charge in [0.05, 0.1) is 23.4 Å². The molecule has 1 amide bonds. The first-order chi connectivity index (χ1) is 18.4. The molecule has 6 nitrogen and oxygen atoms in total. The number of furan rings is 1. The van der Waals surface area contributed by atoms with E-state index in [1.165, 1.54) is 24.1 Å². The first kappa shape index (κ1) is 26.7. The van der Waals surface area contributed by atoms with Gasteiger partial charge in [0, 0.05) is 21.5 Å². The second-order valence-corrected chi connectivity index (χ2v) is 11.8. The second-order valence-electron chi connectivity index (χ2n) is 10.3. The zero-order valence-electron chi connectivity index (χ0n) is 21.8. The van der Waals surface area contributed by atoms with Crippen LogP contribution in [-0.2, 0) is 17.6 Å². The van der Waals surface area contributed by atoms with Crippen LogP contribution in [0.5, 0.6) is 0 Å². The number of ether oxygens (including phenoxy) is 1. The third-order valence-corrected chi connectivity index (χ3v) is 8.50. The molecule has 0 atom stereocenters. The van der Waals surface area contributed by atoms with E-state index in [9.17, 15) is 9.59 Å². The van der Waals surface area contributed by atoms with E-state index >= 15 is 0 Å². The third kappa shape index (κ3) is 6.05. The second kappa shape index (κ2) is 11.9. The SMILES string of the molecule is CC(C)OC(=O)c1ccc(Cl)cc1-c1ccc(C=Nc2sc3c(c2C(=O)NC2CCCCC2)CCCC3)o1. The first-order valence-corrected chi connectivity index (χ1v) is 14.7. The molecule has 2 aliphatic carbocycles. The Morgan fingerprint density at radius 3 is 2.68 bits per heavy atom. The molecular formula is C30H33ClN2O4S. The minimum absolute atomic E-state index is 0.00387. The molecule has 5 rings (SSSR count). The van der Waals surface area contributed by atoms with Crippen LogP contribution in [0.3, 0.4) is 0 Å². The van der Waals surface area contributed by atoms with Crippen molar-refractivity contribution in [2.24, 2.45) is 4.99 Å². The number of amides is 1. The van der Waals surface area contributed by atoms with Gasteiger partial charge in [-0.2, -0.15) is 0 Å². The van der Waals surface area contributed by atoms with Crippen molar-refractivity contribution < 1.29 is 18.7 Å². The highest BCUT2D eigenvalue weighted by Gasteiger charge is 2.27. The Kier molecular flexibility index (Phi) is 8.34. The van der Waals surface area contributed by atoms with Crippen molar-refractivity contribution in [1.29, 1.82) is 0 Å². The molecule has 0 unspecified atom stereocenters. The molecule has 0 saturated heterocycles. The van der Waals surface area contributed by atoms with Gasteiger partial charge < -0.3 is 14.5 Å². The number of carbonyl (C=O) groups is 2. The van der Waals surface area contributed by atoms with E-state index in [1.54, 1.807) is 61.7 Å². The number of aliphatic imine (C=N–C) groups is 1. The number of carbonyl (C=O) groups excluding carboxylic acids is 2. The summed E-state index contributed by atoms with van der Waals surface area (Å²) in [6.07, 6.45) is 11.2. The average molecular weight is 553 g/mol. The highest BCUT2D eigenvalue weighted by atomic mass is 35.5. The van der Waals surface area contributed by atoms with Crippen molar-refractivity contribution in [2.45, 2.75) is 83.8 Å². The first-order valence-electron chi connectivity index (χ1n) is 13.5. The van der Waals surface area contributed by atoms with Crippen LogP contribution >= 0.6 is 22.9 Å². The zero-order valence-corrected chi connectivity index (χ0v) is 23.4. The summed E-state index contributed by atoms with van der Waals surface area (Å²) < 4.78 is 11.4. The lowest BCUT2D eigenvalue weighted by molar-refractivity contribution is 0.0378. The lowest BCUT2D eigenvalue weighted by atomic mass is 9.93. The Morgan fingerprint density at radius 1 is 1.11 bits per heavy atom. The number of thiophene rings is 1. The van der Waals surface area contributed by atoms with E-state index < -0.39 is 5.97 Å². The molecule has 1 saturated carbocycles. The average Bonchev–Trinajstić information content (AvgIpc) is 3.52. The molecule has 200 valence electrons. The van der Waals surface area contributed by atoms with Gasteiger partial charge in [-0.15, -0.1) is 11.3 Å². The van der Waals surface area contributed by atoms with Crippen molar-refractivity contribution in [2.75, 3.05) is 0 Å². The fourth-order valence-electron chi connectivity index (χ4n) is 5.25. The fourth-order valence-corrected chi connectivity index (χ4v) is 6.65. The smallest absolute Gasteiger partial charge is 0.339 e. The molecule has 2 aromatic heterocycles. The minimum Gasteiger partial charge on any atom is -0.459 e. The van der Waals surface area contributed by atoms with Crippen LogP contribution in [0, 0.1) is 0 Å². The minimum atomic E-state index is -0.434. The maximum Gasteiger partial charge on any atom is 0.339 e. The van der Waals surface area contributed by atoms with Gasteiger partial charge in [0.1, 0.15) is 16.5 Å². The number of halogens is 1. The Hall–Kier alpha value is -2.90. The van der Waals surface area contributed by atoms with E-state index in [-0.39, 0.29) is 18.1 Å². The molecule has 0 bridgehead atoms. The predicted octanol–water partition coefficient (Wildman–Crippen LogP) is 7.92. The topological polar surface area (TPSA) is 80.9 Å². The molecule has 1 fully saturated rings. The van der Waals surface area contributed by atoms with Crippen molar-refractivity contribution >= 4 is 46.0 Å². The normalized spacial score (nSPS) is 16.1. The van der Waals surface area contributed by atoms with Gasteiger partial charge in [0.2, 0.25) is 0 Å². The Labute approximate surface area is 232 Å². The van der Waals surface area contributed by atoms with Gasteiger partial charge in [0.25, 0.3) is 5.91 Å². The van der Waals surface area contributed by atoms with Crippen LogP contribution in [0.1, 0.15) is 95.7 Å². The van der Waals surface area contributed by atoms with E-state index in [0.29, 0.717) is 27.7 Å². The Bertz CT molecular complexity index is 1350. The van der Waals surface area contributed by atoms with E-state index in [2.05, 4.69) is 5.32 Å². The summed E-state index contributed by atoms with van der Waals surface area (Å²) in [7, 11) is 0. The molecule has 0 radical (unpaired) electrons. The molecule has 1 N–H and O–H groups in total. The quantitative estimate of drug-likeness (QED) is 0.238. The Morgan fingerprint density at radius 2 is 1.89 bits per heavy atom. The van der Waals surface area contributed by atoms with Gasteiger partial charge in [-0.3, -0.25) is 4.79 Å². The monoisotopic (exact) mass is 552 g/mol. The summed E-state index contributed by atoms with van der Waals surface area (Å²) in [6, 6.07) is 8.83. The van der Waals surface area contributed by atoms with E-state index in [0.717, 1.165) is 54.7 Å². The van der Waals surface area contributed by atoms with Crippen LogP contribution < -0.4 is 5.32 Å². The van der Waals surface area contributed by atoms with Crippen LogP contribution in [0.25, 0.3) is 11.3 Å². The lowest BCUT2D eigenvalue weighted by Crippen LogP contribution is -2.36. The molecule has 2 heterocycles. The number of aryl methyl sites for hydroxylation is 1. The standard InChI is InChI=1S/C30H33ClN2O4S/c1-18(2)36-30(35)22-14-12-19(31)16-24(22)25-15-13-21(37-25)17-32-29-27(23-10-6-7-11-26(23)38-29)28(34)33-20-8-4-3-5-9-20/h12-18,20H,3-11H2,1-2H3,(H,33,34). The molecule has 8 heteroatoms. The number of hydrogen-bond donors (Lipinski definition) is 1. The van der Waals surface area contributed by atoms with E-state index in [4.69, 9.17) is 25.7 Å². The number of esters is 1. The lowest BCUT2D eigenvalue weighted by Gasteiger charge is -2.23. The summed E-state index contributed by atoms with van der Waals surface area (Å²) in [5.74, 6) is 0.574. The molecular weight excluding hydrogens is 520 g/mol. The van der Waals surface area contributed by atoms with Crippen LogP contribution in [0.15, 0.2) is 39.7 Å². The summed E-state index contributed by atoms with van der Waals surface area (Å²) in [4.78, 5) is 32.1. The molecule has 3 aromatic rings. The maximum absolute atomic E-state index is 13.4. The zero-order chi connectivity index (χ0) is 26.6. The molecule has 1 aromatic carbocycles. The van der Waals surface area contributed by atoms with Crippen LogP contribution in [-0.4, -0.2) is 30.2 Å². The fraction of sp³-hybridized carbons (Fsp3) is 0.433. The largest absolute Gasteiger partial charge is 0.459 e. The molecule has 0 aliphatic heterocycles. The number of hydrogen-bond acceptors (Lipinski definition) is 6. The van der Waals surface area contributed by atoms with Crippen LogP contribution in [0.2, 0.25) is 5.02 Å². The maximum atomic E-state index is 13.4. The van der Waals surface area contributed by atoms with Crippen LogP contribution in [0.4, 0.5) is 5.00 Å². The van der Waals surface area contributed by atoms with Gasteiger partial charge in [-0.25, -0.2) is 9.79 Å². The van der Waals surface area contributed by atoms with Gasteiger partial charge in [-0.1, -0.05) is 30.9 Å². The molecule has 2 aliphatic rings. The Balaban J connectivity index is 1.41. The van der Waals surface area contributed by atoms with Crippen molar-refractivity contribution in [3.8, 4) is 11.3 Å². The van der Waals surface area contributed by atoms with Gasteiger partial charge in [-0.05, 0) is 88.3 Å². The van der Waals surface area contributed by atoms with Gasteiger partial charge in [0.15, 0.2) is 0 Å². The summed E-state index contributed by atoms with van der Waals surface area (Å²) >= 11 is 7.84. The molecule has 38 heavy (non-hydrogen) atoms. The summed E-state index contributed by atoms with van der Waals surface area (Å²) in [5, 5.41) is 4.51. The number of nitrogens with zero attached hydrogens (tertiary/aromatic N) is 1. The predicted molar refractivity (Wildman–Crippen MR) is 152 cm³/mol. The number of fused-ring (bicyclic) bond motifs is 1. The summed E-state index contributed by atoms with van der Waals surface area (Å²) in [6.45, 7) is 3.61.